The van der Waals surface area contributed by atoms with Gasteiger partial charge in [-0.25, -0.2) is 0 Å². The van der Waals surface area contributed by atoms with Gasteiger partial charge < -0.3 is 0 Å². The molecule has 0 amide bonds. The number of rotatable bonds is 1. The minimum atomic E-state index is -0.261. The summed E-state index contributed by atoms with van der Waals surface area (Å²) in [6.07, 6.45) is 4.14. The average molecular weight is 209 g/mol. The van der Waals surface area contributed by atoms with Gasteiger partial charge in [0.1, 0.15) is 0 Å². The van der Waals surface area contributed by atoms with E-state index in [-0.39, 0.29) is 17.0 Å². The third-order valence-corrected chi connectivity index (χ3v) is 2.83. The van der Waals surface area contributed by atoms with E-state index in [0.29, 0.717) is 5.78 Å². The first-order chi connectivity index (χ1) is 6.64. The molecule has 0 fully saturated rings. The maximum Gasteiger partial charge on any atom is 0.159 e. The number of nitrogens with zero attached hydrogens (tertiary/aromatic N) is 1. The molecule has 1 aliphatic heterocycles. The molecule has 0 spiro atoms. The van der Waals surface area contributed by atoms with Gasteiger partial charge >= 0.3 is 0 Å². The van der Waals surface area contributed by atoms with Crippen LogP contribution in [0, 0.1) is 5.41 Å². The van der Waals surface area contributed by atoms with Crippen LogP contribution < -0.4 is 0 Å². The Kier molecular flexibility index (Phi) is 3.11. The van der Waals surface area contributed by atoms with Crippen LogP contribution in [0.5, 0.6) is 0 Å². The fraction of sp³-hybridized carbons (Fsp3) is 0.769. The monoisotopic (exact) mass is 209 g/mol. The van der Waals surface area contributed by atoms with Gasteiger partial charge in [0.15, 0.2) is 5.78 Å². The number of hydrogen-bond acceptors (Lipinski definition) is 2. The van der Waals surface area contributed by atoms with Crippen molar-refractivity contribution >= 4 is 5.78 Å². The summed E-state index contributed by atoms with van der Waals surface area (Å²) in [5, 5.41) is 0. The number of carbonyl (C=O) groups is 1. The second-order valence-corrected chi connectivity index (χ2v) is 6.31. The lowest BCUT2D eigenvalue weighted by Gasteiger charge is -2.38. The lowest BCUT2D eigenvalue weighted by Crippen LogP contribution is -2.50. The Labute approximate surface area is 93.3 Å². The largest absolute Gasteiger partial charge is 0.297 e. The van der Waals surface area contributed by atoms with Crippen LogP contribution in [0.25, 0.3) is 0 Å². The van der Waals surface area contributed by atoms with Crippen LogP contribution in [0.4, 0.5) is 0 Å². The number of Topliss-reactive ketones (excluding diaryl/α,β-unsaturated/α-hetero) is 1. The second-order valence-electron chi connectivity index (χ2n) is 6.31. The third-order valence-electron chi connectivity index (χ3n) is 2.83. The van der Waals surface area contributed by atoms with E-state index in [1.807, 2.05) is 26.8 Å². The van der Waals surface area contributed by atoms with Crippen molar-refractivity contribution in [1.29, 1.82) is 0 Å². The zero-order chi connectivity index (χ0) is 11.9. The normalized spacial score (nSPS) is 23.5. The summed E-state index contributed by atoms with van der Waals surface area (Å²) in [6, 6.07) is -0.0370. The lowest BCUT2D eigenvalue weighted by molar-refractivity contribution is -0.131. The molecule has 1 heterocycles. The molecule has 0 saturated heterocycles. The van der Waals surface area contributed by atoms with Crippen molar-refractivity contribution in [2.24, 2.45) is 5.41 Å². The van der Waals surface area contributed by atoms with E-state index < -0.39 is 0 Å². The van der Waals surface area contributed by atoms with E-state index >= 15 is 0 Å². The van der Waals surface area contributed by atoms with Crippen molar-refractivity contribution in [2.45, 2.75) is 53.1 Å². The van der Waals surface area contributed by atoms with Crippen molar-refractivity contribution in [3.05, 3.63) is 12.2 Å². The summed E-state index contributed by atoms with van der Waals surface area (Å²) in [4.78, 5) is 14.5. The Balaban J connectivity index is 2.87. The van der Waals surface area contributed by atoms with Gasteiger partial charge in [0.05, 0.1) is 6.04 Å². The van der Waals surface area contributed by atoms with Gasteiger partial charge in [0.25, 0.3) is 0 Å². The van der Waals surface area contributed by atoms with Gasteiger partial charge in [0, 0.05) is 17.5 Å². The summed E-state index contributed by atoms with van der Waals surface area (Å²) in [5.74, 6) is 0.311. The summed E-state index contributed by atoms with van der Waals surface area (Å²) >= 11 is 0. The standard InChI is InChI=1S/C13H23NO/c1-12(2,3)11(15)10-8-7-9-14(10)13(4,5)6/h7-8,10H,9H2,1-6H3/t10-/m0/s1. The van der Waals surface area contributed by atoms with Crippen LogP contribution in [0.3, 0.4) is 0 Å². The number of carbonyl (C=O) groups excluding carboxylic acids is 1. The summed E-state index contributed by atoms with van der Waals surface area (Å²) in [6.45, 7) is 13.3. The molecule has 2 heteroatoms. The SMILES string of the molecule is CC(C)(C)C(=O)[C@@H]1C=CCN1C(C)(C)C. The molecule has 0 bridgehead atoms. The highest BCUT2D eigenvalue weighted by Crippen LogP contribution is 2.28. The molecule has 0 aliphatic carbocycles. The molecule has 1 aliphatic rings. The molecule has 0 aromatic carbocycles. The van der Waals surface area contributed by atoms with E-state index in [9.17, 15) is 4.79 Å². The minimum Gasteiger partial charge on any atom is -0.297 e. The van der Waals surface area contributed by atoms with Crippen LogP contribution in [0.2, 0.25) is 0 Å². The van der Waals surface area contributed by atoms with E-state index in [1.165, 1.54) is 0 Å². The molecule has 0 radical (unpaired) electrons. The van der Waals surface area contributed by atoms with Crippen LogP contribution >= 0.6 is 0 Å². The number of ketones is 1. The molecule has 86 valence electrons. The Morgan fingerprint density at radius 3 is 2.13 bits per heavy atom. The van der Waals surface area contributed by atoms with Crippen molar-refractivity contribution in [3.8, 4) is 0 Å². The molecule has 0 aromatic heterocycles. The smallest absolute Gasteiger partial charge is 0.159 e. The van der Waals surface area contributed by atoms with E-state index in [2.05, 4.69) is 31.7 Å². The van der Waals surface area contributed by atoms with Crippen molar-refractivity contribution in [2.75, 3.05) is 6.54 Å². The first kappa shape index (κ1) is 12.4. The van der Waals surface area contributed by atoms with E-state index in [0.717, 1.165) is 6.54 Å². The van der Waals surface area contributed by atoms with Crippen molar-refractivity contribution in [3.63, 3.8) is 0 Å². The lowest BCUT2D eigenvalue weighted by atomic mass is 9.85. The fourth-order valence-electron chi connectivity index (χ4n) is 1.88. The van der Waals surface area contributed by atoms with Crippen molar-refractivity contribution in [1.82, 2.24) is 4.90 Å². The Hall–Kier alpha value is -0.630. The van der Waals surface area contributed by atoms with Crippen LogP contribution in [0.1, 0.15) is 41.5 Å². The predicted molar refractivity (Wildman–Crippen MR) is 63.8 cm³/mol. The highest BCUT2D eigenvalue weighted by molar-refractivity contribution is 5.90. The van der Waals surface area contributed by atoms with Crippen molar-refractivity contribution < 1.29 is 4.79 Å². The first-order valence-corrected chi connectivity index (χ1v) is 5.62. The molecule has 1 atom stereocenters. The molecule has 2 nitrogen and oxygen atoms in total. The van der Waals surface area contributed by atoms with Gasteiger partial charge in [-0.15, -0.1) is 0 Å². The number of hydrogen-bond donors (Lipinski definition) is 0. The highest BCUT2D eigenvalue weighted by Gasteiger charge is 2.38. The zero-order valence-corrected chi connectivity index (χ0v) is 10.8. The maximum absolute atomic E-state index is 12.2. The Bertz CT molecular complexity index is 278. The molecule has 0 aromatic rings. The van der Waals surface area contributed by atoms with Crippen LogP contribution in [-0.4, -0.2) is 28.8 Å². The summed E-state index contributed by atoms with van der Waals surface area (Å²) in [7, 11) is 0. The highest BCUT2D eigenvalue weighted by atomic mass is 16.1. The average Bonchev–Trinajstić information content (AvgIpc) is 2.47. The Morgan fingerprint density at radius 2 is 1.73 bits per heavy atom. The van der Waals surface area contributed by atoms with Gasteiger partial charge in [0.2, 0.25) is 0 Å². The Morgan fingerprint density at radius 1 is 1.20 bits per heavy atom. The zero-order valence-electron chi connectivity index (χ0n) is 10.8. The van der Waals surface area contributed by atoms with Gasteiger partial charge in [-0.05, 0) is 20.8 Å². The first-order valence-electron chi connectivity index (χ1n) is 5.62. The fourth-order valence-corrected chi connectivity index (χ4v) is 1.88. The maximum atomic E-state index is 12.2. The van der Waals surface area contributed by atoms with E-state index in [1.54, 1.807) is 0 Å². The van der Waals surface area contributed by atoms with Crippen LogP contribution in [0.15, 0.2) is 12.2 Å². The molecule has 0 saturated carbocycles. The molecule has 0 unspecified atom stereocenters. The molecule has 15 heavy (non-hydrogen) atoms. The van der Waals surface area contributed by atoms with Gasteiger partial charge in [-0.3, -0.25) is 9.69 Å². The predicted octanol–water partition coefficient (Wildman–Crippen LogP) is 2.64. The summed E-state index contributed by atoms with van der Waals surface area (Å²) < 4.78 is 0. The summed E-state index contributed by atoms with van der Waals surface area (Å²) in [5.41, 5.74) is -0.210. The second kappa shape index (κ2) is 3.75. The van der Waals surface area contributed by atoms with Gasteiger partial charge in [-0.2, -0.15) is 0 Å². The molecular weight excluding hydrogens is 186 g/mol. The topological polar surface area (TPSA) is 20.3 Å². The minimum absolute atomic E-state index is 0.0370. The molecular formula is C13H23NO. The molecule has 0 N–H and O–H groups in total. The quantitative estimate of drug-likeness (QED) is 0.619. The third kappa shape index (κ3) is 2.69. The van der Waals surface area contributed by atoms with Crippen LogP contribution in [-0.2, 0) is 4.79 Å². The van der Waals surface area contributed by atoms with Gasteiger partial charge in [-0.1, -0.05) is 32.9 Å². The molecule has 1 rings (SSSR count). The van der Waals surface area contributed by atoms with E-state index in [4.69, 9.17) is 0 Å².